The quantitative estimate of drug-likeness (QED) is 0.0825. The van der Waals surface area contributed by atoms with Gasteiger partial charge in [-0.05, 0) is 28.7 Å². The van der Waals surface area contributed by atoms with Crippen LogP contribution in [0.3, 0.4) is 0 Å². The summed E-state index contributed by atoms with van der Waals surface area (Å²) in [5, 5.41) is 83.9. The molecule has 0 amide bonds. The fourth-order valence-electron chi connectivity index (χ4n) is 8.14. The summed E-state index contributed by atoms with van der Waals surface area (Å²) >= 11 is 0. The van der Waals surface area contributed by atoms with E-state index in [2.05, 4.69) is 69.3 Å². The normalized spacial score (nSPS) is 29.6. The Hall–Kier alpha value is -3.76. The Balaban J connectivity index is 1.19. The van der Waals surface area contributed by atoms with E-state index in [1.807, 2.05) is 54.6 Å². The van der Waals surface area contributed by atoms with Gasteiger partial charge in [0, 0.05) is 34.8 Å². The Morgan fingerprint density at radius 1 is 0.621 bits per heavy atom. The molecule has 12 nitrogen and oxygen atoms in total. The summed E-state index contributed by atoms with van der Waals surface area (Å²) in [6, 6.07) is 35.2. The van der Waals surface area contributed by atoms with Crippen LogP contribution < -0.4 is 4.74 Å². The lowest BCUT2D eigenvalue weighted by Gasteiger charge is -2.45. The molecule has 0 radical (unpaired) electrons. The van der Waals surface area contributed by atoms with Crippen LogP contribution >= 0.6 is 0 Å². The molecule has 1 aliphatic heterocycles. The standard InChI is InChI=1S/C46H58O12/c1-26(29-13-7-4-8-14-29)32-19-35(27(2)30-15-9-5-10-16-30)44(36(20-32)28(3)31-17-11-6-12-18-31)56-25-34(48)24-55-23-33-21-37(40(50)41(51)39(33)49)57-45-38(22-47)58-46(54)43(53)42(45)52/h4-20,26-28,33-34,37-43,45-54H,21-25H2,1-3H3. The number of benzene rings is 4. The Morgan fingerprint density at radius 3 is 1.66 bits per heavy atom. The highest BCUT2D eigenvalue weighted by molar-refractivity contribution is 5.54. The fourth-order valence-corrected chi connectivity index (χ4v) is 8.14. The van der Waals surface area contributed by atoms with Crippen molar-refractivity contribution in [2.75, 3.05) is 26.4 Å². The molecule has 58 heavy (non-hydrogen) atoms. The zero-order chi connectivity index (χ0) is 41.5. The van der Waals surface area contributed by atoms with Gasteiger partial charge in [0.1, 0.15) is 55.1 Å². The SMILES string of the molecule is CC(c1ccccc1)c1cc(C(C)c2ccccc2)c(OCC(O)COCC2CC(OC3C(CO)OC(O)C(O)C3O)C(O)C(O)C2O)c(C(C)c2ccccc2)c1. The topological polar surface area (TPSA) is 199 Å². The average molecular weight is 803 g/mol. The smallest absolute Gasteiger partial charge is 0.184 e. The van der Waals surface area contributed by atoms with Crippen molar-refractivity contribution in [2.45, 2.75) is 106 Å². The van der Waals surface area contributed by atoms with Crippen molar-refractivity contribution in [3.63, 3.8) is 0 Å². The molecule has 1 saturated carbocycles. The van der Waals surface area contributed by atoms with Gasteiger partial charge in [0.2, 0.25) is 0 Å². The maximum Gasteiger partial charge on any atom is 0.184 e. The molecule has 4 aromatic rings. The van der Waals surface area contributed by atoms with Crippen LogP contribution in [-0.2, 0) is 14.2 Å². The van der Waals surface area contributed by atoms with Gasteiger partial charge in [0.15, 0.2) is 6.29 Å². The second-order valence-electron chi connectivity index (χ2n) is 15.8. The van der Waals surface area contributed by atoms with Crippen LogP contribution in [0.1, 0.15) is 78.3 Å². The third kappa shape index (κ3) is 9.98. The monoisotopic (exact) mass is 802 g/mol. The highest BCUT2D eigenvalue weighted by Gasteiger charge is 2.49. The van der Waals surface area contributed by atoms with E-state index in [-0.39, 0.29) is 44.0 Å². The molecule has 14 unspecified atom stereocenters. The van der Waals surface area contributed by atoms with E-state index in [0.29, 0.717) is 5.75 Å². The molecule has 8 N–H and O–H groups in total. The number of ether oxygens (including phenoxy) is 4. The second kappa shape index (κ2) is 20.0. The van der Waals surface area contributed by atoms with E-state index in [4.69, 9.17) is 18.9 Å². The zero-order valence-corrected chi connectivity index (χ0v) is 33.1. The Labute approximate surface area is 339 Å². The van der Waals surface area contributed by atoms with Gasteiger partial charge in [-0.15, -0.1) is 0 Å². The lowest BCUT2D eigenvalue weighted by Crippen LogP contribution is -2.63. The van der Waals surface area contributed by atoms with E-state index in [0.717, 1.165) is 27.8 Å². The predicted molar refractivity (Wildman–Crippen MR) is 215 cm³/mol. The maximum atomic E-state index is 11.2. The van der Waals surface area contributed by atoms with Gasteiger partial charge in [-0.3, -0.25) is 0 Å². The molecule has 2 fully saturated rings. The lowest BCUT2D eigenvalue weighted by molar-refractivity contribution is -0.310. The van der Waals surface area contributed by atoms with Crippen LogP contribution in [0.25, 0.3) is 0 Å². The van der Waals surface area contributed by atoms with E-state index in [9.17, 15) is 40.9 Å². The van der Waals surface area contributed by atoms with Gasteiger partial charge in [0.05, 0.1) is 32.0 Å². The van der Waals surface area contributed by atoms with Crippen LogP contribution in [0.4, 0.5) is 0 Å². The van der Waals surface area contributed by atoms with Gasteiger partial charge in [-0.1, -0.05) is 124 Å². The van der Waals surface area contributed by atoms with Crippen molar-refractivity contribution in [3.8, 4) is 5.75 Å². The lowest BCUT2D eigenvalue weighted by atomic mass is 9.81. The number of hydrogen-bond donors (Lipinski definition) is 8. The second-order valence-corrected chi connectivity index (χ2v) is 15.8. The number of aliphatic hydroxyl groups excluding tert-OH is 8. The minimum Gasteiger partial charge on any atom is -0.490 e. The van der Waals surface area contributed by atoms with Crippen LogP contribution in [-0.4, -0.2) is 129 Å². The van der Waals surface area contributed by atoms with E-state index >= 15 is 0 Å². The molecule has 314 valence electrons. The molecular formula is C46H58O12. The summed E-state index contributed by atoms with van der Waals surface area (Å²) < 4.78 is 23.5. The summed E-state index contributed by atoms with van der Waals surface area (Å²) in [5.41, 5.74) is 6.54. The Bertz CT molecular complexity index is 1780. The number of aliphatic hydroxyl groups is 8. The highest BCUT2D eigenvalue weighted by Crippen LogP contribution is 2.43. The van der Waals surface area contributed by atoms with Crippen molar-refractivity contribution in [1.82, 2.24) is 0 Å². The molecule has 1 aliphatic carbocycles. The van der Waals surface area contributed by atoms with Gasteiger partial charge in [-0.2, -0.15) is 0 Å². The molecule has 0 aromatic heterocycles. The molecule has 4 aromatic carbocycles. The summed E-state index contributed by atoms with van der Waals surface area (Å²) in [4.78, 5) is 0. The summed E-state index contributed by atoms with van der Waals surface area (Å²) in [6.07, 6.45) is -14.7. The molecule has 14 atom stereocenters. The van der Waals surface area contributed by atoms with Gasteiger partial charge in [-0.25, -0.2) is 0 Å². The average Bonchev–Trinajstić information content (AvgIpc) is 3.26. The predicted octanol–water partition coefficient (Wildman–Crippen LogP) is 3.19. The van der Waals surface area contributed by atoms with Crippen LogP contribution in [0.15, 0.2) is 103 Å². The third-order valence-electron chi connectivity index (χ3n) is 11.8. The summed E-state index contributed by atoms with van der Waals surface area (Å²) in [5.74, 6) is -0.100. The molecule has 0 spiro atoms. The van der Waals surface area contributed by atoms with Crippen molar-refractivity contribution >= 4 is 0 Å². The van der Waals surface area contributed by atoms with E-state index in [1.165, 1.54) is 5.56 Å². The highest BCUT2D eigenvalue weighted by atomic mass is 16.7. The van der Waals surface area contributed by atoms with E-state index in [1.54, 1.807) is 0 Å². The molecular weight excluding hydrogens is 744 g/mol. The first-order valence-corrected chi connectivity index (χ1v) is 20.1. The first kappa shape index (κ1) is 43.8. The molecule has 6 rings (SSSR count). The molecule has 12 heteroatoms. The third-order valence-corrected chi connectivity index (χ3v) is 11.8. The minimum absolute atomic E-state index is 0.0404. The van der Waals surface area contributed by atoms with E-state index < -0.39 is 73.8 Å². The molecule has 0 bridgehead atoms. The van der Waals surface area contributed by atoms with Crippen molar-refractivity contribution in [3.05, 3.63) is 137 Å². The van der Waals surface area contributed by atoms with Crippen molar-refractivity contribution in [2.24, 2.45) is 5.92 Å². The van der Waals surface area contributed by atoms with Gasteiger partial charge < -0.3 is 59.8 Å². The molecule has 1 heterocycles. The molecule has 2 aliphatic rings. The first-order chi connectivity index (χ1) is 27.9. The summed E-state index contributed by atoms with van der Waals surface area (Å²) in [6.45, 7) is 5.44. The minimum atomic E-state index is -1.76. The van der Waals surface area contributed by atoms with Crippen LogP contribution in [0, 0.1) is 5.92 Å². The summed E-state index contributed by atoms with van der Waals surface area (Å²) in [7, 11) is 0. The van der Waals surface area contributed by atoms with Crippen molar-refractivity contribution in [1.29, 1.82) is 0 Å². The Morgan fingerprint density at radius 2 is 1.14 bits per heavy atom. The maximum absolute atomic E-state index is 11.2. The molecule has 1 saturated heterocycles. The fraction of sp³-hybridized carbons (Fsp3) is 0.478. The van der Waals surface area contributed by atoms with Crippen LogP contribution in [0.5, 0.6) is 5.75 Å². The zero-order valence-electron chi connectivity index (χ0n) is 33.1. The van der Waals surface area contributed by atoms with Crippen molar-refractivity contribution < 1.29 is 59.8 Å². The van der Waals surface area contributed by atoms with Crippen LogP contribution in [0.2, 0.25) is 0 Å². The number of hydrogen-bond acceptors (Lipinski definition) is 12. The number of rotatable bonds is 16. The first-order valence-electron chi connectivity index (χ1n) is 20.1. The van der Waals surface area contributed by atoms with Gasteiger partial charge in [0.25, 0.3) is 0 Å². The Kier molecular flexibility index (Phi) is 15.1. The van der Waals surface area contributed by atoms with Gasteiger partial charge >= 0.3 is 0 Å². The largest absolute Gasteiger partial charge is 0.490 e.